The summed E-state index contributed by atoms with van der Waals surface area (Å²) in [4.78, 5) is 14.9. The molecule has 1 N–H and O–H groups in total. The zero-order chi connectivity index (χ0) is 20.9. The molecular formula is C25H32N2O3. The molecule has 5 heteroatoms. The number of amides is 1. The maximum atomic E-state index is 12.7. The maximum absolute atomic E-state index is 12.7. The summed E-state index contributed by atoms with van der Waals surface area (Å²) < 4.78 is 11.4. The third-order valence-electron chi connectivity index (χ3n) is 5.91. The van der Waals surface area contributed by atoms with Gasteiger partial charge < -0.3 is 19.7 Å². The van der Waals surface area contributed by atoms with Crippen molar-refractivity contribution in [2.75, 3.05) is 27.3 Å². The number of hydrogen-bond acceptors (Lipinski definition) is 4. The third-order valence-corrected chi connectivity index (χ3v) is 5.91. The van der Waals surface area contributed by atoms with Gasteiger partial charge in [-0.25, -0.2) is 0 Å². The molecule has 1 aliphatic heterocycles. The number of hydrogen-bond donors (Lipinski definition) is 1. The van der Waals surface area contributed by atoms with Crippen LogP contribution in [0.15, 0.2) is 42.5 Å². The van der Waals surface area contributed by atoms with Gasteiger partial charge in [-0.1, -0.05) is 18.2 Å². The number of carbonyl (C=O) groups excluding carboxylic acids is 1. The second kappa shape index (κ2) is 9.63. The highest BCUT2D eigenvalue weighted by Crippen LogP contribution is 2.24. The van der Waals surface area contributed by atoms with E-state index in [1.54, 1.807) is 0 Å². The van der Waals surface area contributed by atoms with Gasteiger partial charge in [0.15, 0.2) is 0 Å². The number of fused-ring (bicyclic) bond motifs is 1. The Morgan fingerprint density at radius 2 is 1.97 bits per heavy atom. The molecule has 1 aliphatic carbocycles. The van der Waals surface area contributed by atoms with E-state index < -0.39 is 0 Å². The highest BCUT2D eigenvalue weighted by Gasteiger charge is 2.21. The first-order valence-corrected chi connectivity index (χ1v) is 11.0. The molecule has 1 heterocycles. The van der Waals surface area contributed by atoms with E-state index in [-0.39, 0.29) is 18.1 Å². The van der Waals surface area contributed by atoms with Gasteiger partial charge in [-0.05, 0) is 87.2 Å². The van der Waals surface area contributed by atoms with Gasteiger partial charge in [-0.15, -0.1) is 0 Å². The van der Waals surface area contributed by atoms with Gasteiger partial charge in [0.25, 0.3) is 5.91 Å². The molecule has 1 amide bonds. The number of nitrogens with one attached hydrogen (secondary N) is 1. The van der Waals surface area contributed by atoms with E-state index in [0.717, 1.165) is 51.0 Å². The summed E-state index contributed by atoms with van der Waals surface area (Å²) in [5.74, 6) is 0.764. The Bertz CT molecular complexity index is 857. The van der Waals surface area contributed by atoms with Crippen molar-refractivity contribution >= 4 is 5.91 Å². The van der Waals surface area contributed by atoms with Crippen molar-refractivity contribution in [1.82, 2.24) is 10.2 Å². The molecule has 0 bridgehead atoms. The van der Waals surface area contributed by atoms with Crippen molar-refractivity contribution in [3.05, 3.63) is 64.7 Å². The Morgan fingerprint density at radius 3 is 2.70 bits per heavy atom. The first kappa shape index (κ1) is 20.9. The molecule has 5 nitrogen and oxygen atoms in total. The van der Waals surface area contributed by atoms with Crippen molar-refractivity contribution < 1.29 is 14.3 Å². The largest absolute Gasteiger partial charge is 0.491 e. The molecule has 30 heavy (non-hydrogen) atoms. The van der Waals surface area contributed by atoms with Gasteiger partial charge >= 0.3 is 0 Å². The van der Waals surface area contributed by atoms with Gasteiger partial charge in [0.2, 0.25) is 0 Å². The minimum absolute atomic E-state index is 0.0154. The molecule has 0 saturated carbocycles. The predicted octanol–water partition coefficient (Wildman–Crippen LogP) is 3.59. The van der Waals surface area contributed by atoms with Crippen molar-refractivity contribution in [2.24, 2.45) is 0 Å². The molecule has 2 atom stereocenters. The van der Waals surface area contributed by atoms with Crippen molar-refractivity contribution in [3.63, 3.8) is 0 Å². The molecule has 160 valence electrons. The minimum Gasteiger partial charge on any atom is -0.491 e. The molecule has 0 aromatic heterocycles. The molecule has 1 saturated heterocycles. The van der Waals surface area contributed by atoms with Crippen LogP contribution in [0.25, 0.3) is 0 Å². The lowest BCUT2D eigenvalue weighted by molar-refractivity contribution is 0.0679. The third kappa shape index (κ3) is 5.41. The monoisotopic (exact) mass is 408 g/mol. The Morgan fingerprint density at radius 1 is 1.13 bits per heavy atom. The van der Waals surface area contributed by atoms with Crippen LogP contribution in [0, 0.1) is 0 Å². The molecule has 0 spiro atoms. The standard InChI is InChI=1S/C25H32N2O3/c1-27(2)16-18-5-6-21-15-22(10-7-20(21)14-18)26-25(28)19-8-11-23(12-9-19)30-17-24-4-3-13-29-24/h5-6,8-9,11-12,14,22,24H,3-4,7,10,13,15-17H2,1-2H3,(H,26,28)/t22-,24-/m0/s1. The zero-order valence-corrected chi connectivity index (χ0v) is 18.0. The summed E-state index contributed by atoms with van der Waals surface area (Å²) in [6.07, 6.45) is 5.25. The predicted molar refractivity (Wildman–Crippen MR) is 118 cm³/mol. The smallest absolute Gasteiger partial charge is 0.251 e. The molecule has 0 radical (unpaired) electrons. The summed E-state index contributed by atoms with van der Waals surface area (Å²) in [6.45, 7) is 2.36. The van der Waals surface area contributed by atoms with E-state index in [0.29, 0.717) is 12.2 Å². The summed E-state index contributed by atoms with van der Waals surface area (Å²) in [5.41, 5.74) is 4.80. The SMILES string of the molecule is CN(C)Cc1ccc2c(c1)CC[C@H](NC(=O)c1ccc(OC[C@@H]3CCCO3)cc1)C2. The zero-order valence-electron chi connectivity index (χ0n) is 18.0. The van der Waals surface area contributed by atoms with Crippen LogP contribution in [0.3, 0.4) is 0 Å². The van der Waals surface area contributed by atoms with Crippen LogP contribution in [0.1, 0.15) is 46.3 Å². The van der Waals surface area contributed by atoms with Crippen LogP contribution in [0.2, 0.25) is 0 Å². The number of nitrogens with zero attached hydrogens (tertiary/aromatic N) is 1. The van der Waals surface area contributed by atoms with Crippen LogP contribution in [-0.2, 0) is 24.1 Å². The van der Waals surface area contributed by atoms with Gasteiger partial charge in [0, 0.05) is 24.8 Å². The number of aryl methyl sites for hydroxylation is 1. The van der Waals surface area contributed by atoms with E-state index >= 15 is 0 Å². The number of rotatable bonds is 7. The fourth-order valence-electron chi connectivity index (χ4n) is 4.33. The Kier molecular flexibility index (Phi) is 6.70. The summed E-state index contributed by atoms with van der Waals surface area (Å²) in [6, 6.07) is 14.3. The van der Waals surface area contributed by atoms with E-state index in [1.165, 1.54) is 16.7 Å². The molecule has 0 unspecified atom stereocenters. The first-order chi connectivity index (χ1) is 14.6. The van der Waals surface area contributed by atoms with Crippen LogP contribution in [-0.4, -0.2) is 50.3 Å². The quantitative estimate of drug-likeness (QED) is 0.761. The maximum Gasteiger partial charge on any atom is 0.251 e. The molecule has 2 aromatic carbocycles. The van der Waals surface area contributed by atoms with Crippen LogP contribution >= 0.6 is 0 Å². The van der Waals surface area contributed by atoms with Crippen LogP contribution in [0.5, 0.6) is 5.75 Å². The van der Waals surface area contributed by atoms with E-state index in [4.69, 9.17) is 9.47 Å². The Hall–Kier alpha value is -2.37. The highest BCUT2D eigenvalue weighted by atomic mass is 16.5. The molecule has 2 aliphatic rings. The first-order valence-electron chi connectivity index (χ1n) is 11.0. The summed E-state index contributed by atoms with van der Waals surface area (Å²) >= 11 is 0. The number of ether oxygens (including phenoxy) is 2. The lowest BCUT2D eigenvalue weighted by Gasteiger charge is -2.26. The van der Waals surface area contributed by atoms with Crippen molar-refractivity contribution in [2.45, 2.75) is 50.8 Å². The van der Waals surface area contributed by atoms with Crippen LogP contribution in [0.4, 0.5) is 0 Å². The van der Waals surface area contributed by atoms with Gasteiger partial charge in [-0.2, -0.15) is 0 Å². The second-order valence-corrected chi connectivity index (χ2v) is 8.72. The van der Waals surface area contributed by atoms with Gasteiger partial charge in [0.05, 0.1) is 6.10 Å². The van der Waals surface area contributed by atoms with Gasteiger partial charge in [0.1, 0.15) is 12.4 Å². The Labute approximate surface area is 179 Å². The average Bonchev–Trinajstić information content (AvgIpc) is 3.26. The van der Waals surface area contributed by atoms with Crippen LogP contribution < -0.4 is 10.1 Å². The number of carbonyl (C=O) groups is 1. The average molecular weight is 409 g/mol. The molecule has 2 aromatic rings. The second-order valence-electron chi connectivity index (χ2n) is 8.72. The van der Waals surface area contributed by atoms with E-state index in [9.17, 15) is 4.79 Å². The summed E-state index contributed by atoms with van der Waals surface area (Å²) in [5, 5.41) is 3.21. The van der Waals surface area contributed by atoms with E-state index in [1.807, 2.05) is 24.3 Å². The molecule has 4 rings (SSSR count). The van der Waals surface area contributed by atoms with Crippen molar-refractivity contribution in [1.29, 1.82) is 0 Å². The molecular weight excluding hydrogens is 376 g/mol. The van der Waals surface area contributed by atoms with Gasteiger partial charge in [-0.3, -0.25) is 4.79 Å². The summed E-state index contributed by atoms with van der Waals surface area (Å²) in [7, 11) is 4.18. The van der Waals surface area contributed by atoms with E-state index in [2.05, 4.69) is 42.5 Å². The fraction of sp³-hybridized carbons (Fsp3) is 0.480. The highest BCUT2D eigenvalue weighted by molar-refractivity contribution is 5.94. The lowest BCUT2D eigenvalue weighted by atomic mass is 9.87. The fourth-order valence-corrected chi connectivity index (χ4v) is 4.33. The normalized spacial score (nSPS) is 20.8. The molecule has 1 fully saturated rings. The lowest BCUT2D eigenvalue weighted by Crippen LogP contribution is -2.38. The van der Waals surface area contributed by atoms with Crippen molar-refractivity contribution in [3.8, 4) is 5.75 Å². The minimum atomic E-state index is -0.0154. The topological polar surface area (TPSA) is 50.8 Å². The Balaban J connectivity index is 1.29. The number of benzene rings is 2.